The van der Waals surface area contributed by atoms with Crippen LogP contribution < -0.4 is 5.73 Å². The molecule has 2 aromatic carbocycles. The molecule has 0 amide bonds. The molecule has 2 aromatic rings. The largest absolute Gasteiger partial charge is 0.419 e. The molecule has 0 spiro atoms. The van der Waals surface area contributed by atoms with Crippen LogP contribution in [0.15, 0.2) is 40.9 Å². The summed E-state index contributed by atoms with van der Waals surface area (Å²) in [6.07, 6.45) is -4.78. The van der Waals surface area contributed by atoms with Gasteiger partial charge in [-0.2, -0.15) is 13.2 Å². The molecule has 0 heterocycles. The lowest BCUT2D eigenvalue weighted by Crippen LogP contribution is -2.15. The average Bonchev–Trinajstić information content (AvgIpc) is 2.40. The number of hydrogen-bond acceptors (Lipinski definition) is 1. The van der Waals surface area contributed by atoms with Crippen LogP contribution >= 0.6 is 27.5 Å². The molecule has 0 aliphatic carbocycles. The predicted octanol–water partition coefficient (Wildman–Crippen LogP) is 5.31. The highest BCUT2D eigenvalue weighted by Gasteiger charge is 2.34. The summed E-state index contributed by atoms with van der Waals surface area (Å²) in [5, 5.41) is 0.308. The Kier molecular flexibility index (Phi) is 4.60. The highest BCUT2D eigenvalue weighted by atomic mass is 79.9. The zero-order chi connectivity index (χ0) is 15.8. The Hall–Kier alpha value is -1.11. The Morgan fingerprint density at radius 2 is 1.81 bits per heavy atom. The topological polar surface area (TPSA) is 26.0 Å². The van der Waals surface area contributed by atoms with Gasteiger partial charge in [0, 0.05) is 4.47 Å². The molecule has 2 rings (SSSR count). The first-order chi connectivity index (χ1) is 9.71. The van der Waals surface area contributed by atoms with Crippen molar-refractivity contribution >= 4 is 27.5 Å². The maximum Gasteiger partial charge on any atom is 0.419 e. The summed E-state index contributed by atoms with van der Waals surface area (Å²) in [5.74, 6) is -1.33. The van der Waals surface area contributed by atoms with E-state index in [4.69, 9.17) is 17.3 Å². The number of halogens is 6. The lowest BCUT2D eigenvalue weighted by Gasteiger charge is -2.17. The van der Waals surface area contributed by atoms with Crippen LogP contribution in [-0.2, 0) is 6.18 Å². The van der Waals surface area contributed by atoms with Crippen LogP contribution in [0.2, 0.25) is 5.02 Å². The van der Waals surface area contributed by atoms with E-state index in [-0.39, 0.29) is 5.56 Å². The second kappa shape index (κ2) is 5.94. The summed E-state index contributed by atoms with van der Waals surface area (Å²) in [5.41, 5.74) is 5.19. The number of rotatable bonds is 2. The fourth-order valence-corrected chi connectivity index (χ4v) is 2.52. The molecule has 0 saturated heterocycles. The summed E-state index contributed by atoms with van der Waals surface area (Å²) in [7, 11) is 0. The van der Waals surface area contributed by atoms with E-state index in [9.17, 15) is 17.6 Å². The van der Waals surface area contributed by atoms with Gasteiger partial charge in [0.2, 0.25) is 0 Å². The fraction of sp³-hybridized carbons (Fsp3) is 0.143. The van der Waals surface area contributed by atoms with Gasteiger partial charge in [0.05, 0.1) is 16.6 Å². The monoisotopic (exact) mass is 381 g/mol. The second-order valence-electron chi connectivity index (χ2n) is 4.36. The van der Waals surface area contributed by atoms with Gasteiger partial charge in [0.1, 0.15) is 5.82 Å². The van der Waals surface area contributed by atoms with E-state index in [1.54, 1.807) is 18.2 Å². The van der Waals surface area contributed by atoms with Crippen LogP contribution in [0.3, 0.4) is 0 Å². The van der Waals surface area contributed by atoms with Gasteiger partial charge in [0.25, 0.3) is 0 Å². The lowest BCUT2D eigenvalue weighted by atomic mass is 9.97. The molecule has 112 valence electrons. The van der Waals surface area contributed by atoms with Gasteiger partial charge in [0.15, 0.2) is 0 Å². The van der Waals surface area contributed by atoms with Gasteiger partial charge in [-0.15, -0.1) is 0 Å². The van der Waals surface area contributed by atoms with Gasteiger partial charge in [-0.05, 0) is 45.3 Å². The molecule has 1 atom stereocenters. The third-order valence-corrected chi connectivity index (χ3v) is 4.28. The maximum absolute atomic E-state index is 13.3. The minimum atomic E-state index is -4.78. The minimum absolute atomic E-state index is 0.128. The molecule has 0 saturated carbocycles. The lowest BCUT2D eigenvalue weighted by molar-refractivity contribution is -0.140. The molecule has 21 heavy (non-hydrogen) atoms. The van der Waals surface area contributed by atoms with Gasteiger partial charge in [-0.3, -0.25) is 0 Å². The standard InChI is InChI=1S/C14H9BrClF4N/c15-10-3-1-2-8(12(10)16)13(21)7-4-5-11(17)9(6-7)14(18,19)20/h1-6,13H,21H2. The summed E-state index contributed by atoms with van der Waals surface area (Å²) in [6.45, 7) is 0. The second-order valence-corrected chi connectivity index (χ2v) is 5.59. The van der Waals surface area contributed by atoms with Crippen LogP contribution in [0.25, 0.3) is 0 Å². The summed E-state index contributed by atoms with van der Waals surface area (Å²) in [6, 6.07) is 6.74. The van der Waals surface area contributed by atoms with E-state index in [1.807, 2.05) is 0 Å². The van der Waals surface area contributed by atoms with E-state index in [0.717, 1.165) is 6.07 Å². The van der Waals surface area contributed by atoms with E-state index in [0.29, 0.717) is 21.1 Å². The van der Waals surface area contributed by atoms with Crippen molar-refractivity contribution < 1.29 is 17.6 Å². The van der Waals surface area contributed by atoms with Crippen molar-refractivity contribution in [3.05, 3.63) is 68.4 Å². The molecule has 0 aliphatic rings. The number of alkyl halides is 3. The van der Waals surface area contributed by atoms with Crippen LogP contribution in [0.5, 0.6) is 0 Å². The first-order valence-corrected chi connectivity index (χ1v) is 6.95. The van der Waals surface area contributed by atoms with Crippen molar-refractivity contribution in [2.75, 3.05) is 0 Å². The smallest absolute Gasteiger partial charge is 0.320 e. The van der Waals surface area contributed by atoms with Crippen molar-refractivity contribution in [3.8, 4) is 0 Å². The molecule has 0 aliphatic heterocycles. The highest BCUT2D eigenvalue weighted by molar-refractivity contribution is 9.10. The molecule has 0 radical (unpaired) electrons. The van der Waals surface area contributed by atoms with Crippen molar-refractivity contribution in [2.45, 2.75) is 12.2 Å². The quantitative estimate of drug-likeness (QED) is 0.700. The fourth-order valence-electron chi connectivity index (χ4n) is 1.89. The molecule has 7 heteroatoms. The van der Waals surface area contributed by atoms with Crippen molar-refractivity contribution in [1.29, 1.82) is 0 Å². The number of benzene rings is 2. The highest BCUT2D eigenvalue weighted by Crippen LogP contribution is 2.36. The van der Waals surface area contributed by atoms with Gasteiger partial charge >= 0.3 is 6.18 Å². The van der Waals surface area contributed by atoms with Crippen molar-refractivity contribution in [2.24, 2.45) is 5.73 Å². The Morgan fingerprint density at radius 1 is 1.14 bits per heavy atom. The van der Waals surface area contributed by atoms with Gasteiger partial charge < -0.3 is 5.73 Å². The molecule has 1 unspecified atom stereocenters. The normalized spacial score (nSPS) is 13.3. The first kappa shape index (κ1) is 16.3. The maximum atomic E-state index is 13.3. The molecular weight excluding hydrogens is 374 g/mol. The Bertz CT molecular complexity index is 673. The molecular formula is C14H9BrClF4N. The first-order valence-electron chi connectivity index (χ1n) is 5.78. The van der Waals surface area contributed by atoms with Crippen LogP contribution in [0, 0.1) is 5.82 Å². The average molecular weight is 383 g/mol. The number of hydrogen-bond donors (Lipinski definition) is 1. The van der Waals surface area contributed by atoms with Gasteiger partial charge in [-0.1, -0.05) is 29.8 Å². The van der Waals surface area contributed by atoms with E-state index >= 15 is 0 Å². The van der Waals surface area contributed by atoms with Crippen molar-refractivity contribution in [3.63, 3.8) is 0 Å². The van der Waals surface area contributed by atoms with Crippen molar-refractivity contribution in [1.82, 2.24) is 0 Å². The van der Waals surface area contributed by atoms with Gasteiger partial charge in [-0.25, -0.2) is 4.39 Å². The molecule has 0 bridgehead atoms. The third kappa shape index (κ3) is 3.39. The summed E-state index contributed by atoms with van der Waals surface area (Å²) >= 11 is 9.29. The Balaban J connectivity index is 2.49. The minimum Gasteiger partial charge on any atom is -0.320 e. The van der Waals surface area contributed by atoms with Crippen LogP contribution in [-0.4, -0.2) is 0 Å². The van der Waals surface area contributed by atoms with E-state index < -0.39 is 23.6 Å². The summed E-state index contributed by atoms with van der Waals surface area (Å²) < 4.78 is 52.0. The molecule has 0 aromatic heterocycles. The van der Waals surface area contributed by atoms with E-state index in [1.165, 1.54) is 6.07 Å². The van der Waals surface area contributed by atoms with Crippen LogP contribution in [0.4, 0.5) is 17.6 Å². The Labute approximate surface area is 131 Å². The van der Waals surface area contributed by atoms with E-state index in [2.05, 4.69) is 15.9 Å². The molecule has 0 fully saturated rings. The molecule has 1 nitrogen and oxygen atoms in total. The predicted molar refractivity (Wildman–Crippen MR) is 76.6 cm³/mol. The summed E-state index contributed by atoms with van der Waals surface area (Å²) in [4.78, 5) is 0. The zero-order valence-electron chi connectivity index (χ0n) is 10.4. The Morgan fingerprint density at radius 3 is 2.43 bits per heavy atom. The number of nitrogens with two attached hydrogens (primary N) is 1. The van der Waals surface area contributed by atoms with Crippen LogP contribution in [0.1, 0.15) is 22.7 Å². The molecule has 2 N–H and O–H groups in total. The zero-order valence-corrected chi connectivity index (χ0v) is 12.7. The third-order valence-electron chi connectivity index (χ3n) is 2.97. The SMILES string of the molecule is NC(c1ccc(F)c(C(F)(F)F)c1)c1cccc(Br)c1Cl.